The van der Waals surface area contributed by atoms with Gasteiger partial charge in [0.05, 0.1) is 11.5 Å². The van der Waals surface area contributed by atoms with Crippen molar-refractivity contribution in [2.24, 2.45) is 10.9 Å². The fourth-order valence-corrected chi connectivity index (χ4v) is 5.00. The fourth-order valence-electron chi connectivity index (χ4n) is 4.22. The smallest absolute Gasteiger partial charge is 0.191 e. The van der Waals surface area contributed by atoms with Crippen molar-refractivity contribution in [3.8, 4) is 0 Å². The van der Waals surface area contributed by atoms with Gasteiger partial charge < -0.3 is 15.5 Å². The molecule has 2 fully saturated rings. The Morgan fingerprint density at radius 1 is 1.26 bits per heavy atom. The predicted octanol–water partition coefficient (Wildman–Crippen LogP) is 3.39. The Bertz CT molecular complexity index is 563. The normalized spacial score (nSPS) is 22.6. The van der Waals surface area contributed by atoms with Crippen LogP contribution < -0.4 is 15.5 Å². The van der Waals surface area contributed by atoms with Crippen LogP contribution in [0.1, 0.15) is 46.5 Å². The van der Waals surface area contributed by atoms with E-state index >= 15 is 0 Å². The van der Waals surface area contributed by atoms with Crippen LogP contribution in [0.3, 0.4) is 0 Å². The molecule has 27 heavy (non-hydrogen) atoms. The molecule has 6 heteroatoms. The summed E-state index contributed by atoms with van der Waals surface area (Å²) < 4.78 is 0. The van der Waals surface area contributed by atoms with E-state index in [2.05, 4.69) is 58.7 Å². The average molecular weight is 392 g/mol. The molecule has 0 unspecified atom stereocenters. The Hall–Kier alpha value is -1.27. The molecule has 5 nitrogen and oxygen atoms in total. The lowest BCUT2D eigenvalue weighted by atomic mass is 10.1. The summed E-state index contributed by atoms with van der Waals surface area (Å²) in [6.07, 6.45) is 4.95. The van der Waals surface area contributed by atoms with Crippen molar-refractivity contribution in [2.75, 3.05) is 44.2 Å². The van der Waals surface area contributed by atoms with Crippen LogP contribution in [0.2, 0.25) is 0 Å². The van der Waals surface area contributed by atoms with Gasteiger partial charge in [-0.25, -0.2) is 0 Å². The van der Waals surface area contributed by atoms with Crippen molar-refractivity contribution in [3.63, 3.8) is 0 Å². The molecule has 0 spiro atoms. The fraction of sp³-hybridized carbons (Fsp3) is 0.762. The number of hydrogen-bond acceptors (Lipinski definition) is 4. The van der Waals surface area contributed by atoms with Gasteiger partial charge in [0.1, 0.15) is 0 Å². The summed E-state index contributed by atoms with van der Waals surface area (Å²) in [6.45, 7) is 13.3. The van der Waals surface area contributed by atoms with Gasteiger partial charge in [0.25, 0.3) is 0 Å². The minimum atomic E-state index is 0.523. The average Bonchev–Trinajstić information content (AvgIpc) is 3.32. The molecule has 2 saturated heterocycles. The first-order valence-electron chi connectivity index (χ1n) is 10.7. The lowest BCUT2D eigenvalue weighted by Crippen LogP contribution is -2.49. The van der Waals surface area contributed by atoms with E-state index in [-0.39, 0.29) is 0 Å². The molecule has 152 valence electrons. The van der Waals surface area contributed by atoms with Gasteiger partial charge in [0.15, 0.2) is 5.96 Å². The highest BCUT2D eigenvalue weighted by molar-refractivity contribution is 7.14. The van der Waals surface area contributed by atoms with Crippen molar-refractivity contribution in [1.82, 2.24) is 15.5 Å². The van der Waals surface area contributed by atoms with E-state index in [0.29, 0.717) is 12.1 Å². The quantitative estimate of drug-likeness (QED) is 0.552. The maximum atomic E-state index is 4.96. The molecular weight excluding hydrogens is 354 g/mol. The van der Waals surface area contributed by atoms with Crippen LogP contribution >= 0.6 is 11.3 Å². The number of rotatable bonds is 7. The van der Waals surface area contributed by atoms with Crippen LogP contribution in [-0.4, -0.2) is 62.2 Å². The first-order chi connectivity index (χ1) is 13.2. The molecule has 0 radical (unpaired) electrons. The summed E-state index contributed by atoms with van der Waals surface area (Å²) in [6, 6.07) is 5.51. The number of anilines is 1. The zero-order chi connectivity index (χ0) is 19.1. The van der Waals surface area contributed by atoms with Gasteiger partial charge in [-0.1, -0.05) is 13.8 Å². The van der Waals surface area contributed by atoms with E-state index in [0.717, 1.165) is 38.1 Å². The summed E-state index contributed by atoms with van der Waals surface area (Å²) in [5, 5.41) is 10.7. The highest BCUT2D eigenvalue weighted by Crippen LogP contribution is 2.25. The van der Waals surface area contributed by atoms with Gasteiger partial charge in [0, 0.05) is 38.3 Å². The van der Waals surface area contributed by atoms with Crippen LogP contribution in [0.15, 0.2) is 22.5 Å². The van der Waals surface area contributed by atoms with E-state index in [1.807, 2.05) is 11.3 Å². The molecule has 0 bridgehead atoms. The third-order valence-electron chi connectivity index (χ3n) is 5.56. The van der Waals surface area contributed by atoms with Gasteiger partial charge in [-0.2, -0.15) is 0 Å². The molecule has 1 aromatic rings. The van der Waals surface area contributed by atoms with Gasteiger partial charge in [-0.3, -0.25) is 9.89 Å². The summed E-state index contributed by atoms with van der Waals surface area (Å²) in [5.41, 5.74) is 0. The number of nitrogens with one attached hydrogen (secondary N) is 2. The summed E-state index contributed by atoms with van der Waals surface area (Å²) in [5.74, 6) is 1.73. The van der Waals surface area contributed by atoms with E-state index < -0.39 is 0 Å². The molecule has 0 aliphatic carbocycles. The molecule has 1 aromatic heterocycles. The highest BCUT2D eigenvalue weighted by atomic mass is 32.1. The molecule has 2 aliphatic heterocycles. The minimum Gasteiger partial charge on any atom is -0.363 e. The Kier molecular flexibility index (Phi) is 7.82. The standard InChI is InChI=1S/C21H37N5S/c1-4-22-21(23-15-19-7-5-11-26(19)16-17(2)3)24-18-9-12-25(13-10-18)20-8-6-14-27-20/h6,8,14,17-19H,4-5,7,9-13,15-16H2,1-3H3,(H2,22,23,24)/t19-/m1/s1. The molecule has 2 aliphatic rings. The Labute approximate surface area is 169 Å². The van der Waals surface area contributed by atoms with Crippen molar-refractivity contribution in [2.45, 2.75) is 58.5 Å². The largest absolute Gasteiger partial charge is 0.363 e. The maximum Gasteiger partial charge on any atom is 0.191 e. The van der Waals surface area contributed by atoms with Crippen molar-refractivity contribution < 1.29 is 0 Å². The Balaban J connectivity index is 1.49. The predicted molar refractivity (Wildman–Crippen MR) is 118 cm³/mol. The molecule has 0 saturated carbocycles. The number of aliphatic imine (C=N–C) groups is 1. The van der Waals surface area contributed by atoms with Crippen molar-refractivity contribution in [1.29, 1.82) is 0 Å². The number of nitrogens with zero attached hydrogens (tertiary/aromatic N) is 3. The van der Waals surface area contributed by atoms with Crippen LogP contribution in [0.5, 0.6) is 0 Å². The van der Waals surface area contributed by atoms with E-state index in [4.69, 9.17) is 4.99 Å². The van der Waals surface area contributed by atoms with Gasteiger partial charge in [-0.15, -0.1) is 11.3 Å². The van der Waals surface area contributed by atoms with E-state index in [1.54, 1.807) is 0 Å². The topological polar surface area (TPSA) is 42.9 Å². The zero-order valence-electron chi connectivity index (χ0n) is 17.3. The minimum absolute atomic E-state index is 0.523. The monoisotopic (exact) mass is 391 g/mol. The van der Waals surface area contributed by atoms with Crippen LogP contribution in [-0.2, 0) is 0 Å². The molecule has 0 amide bonds. The zero-order valence-corrected chi connectivity index (χ0v) is 18.1. The second-order valence-electron chi connectivity index (χ2n) is 8.26. The lowest BCUT2D eigenvalue weighted by molar-refractivity contribution is 0.231. The number of likely N-dealkylation sites (tertiary alicyclic amines) is 1. The molecule has 0 aromatic carbocycles. The van der Waals surface area contributed by atoms with Crippen LogP contribution in [0.25, 0.3) is 0 Å². The molecule has 3 heterocycles. The second kappa shape index (κ2) is 10.3. The summed E-state index contributed by atoms with van der Waals surface area (Å²) in [4.78, 5) is 10.1. The van der Waals surface area contributed by atoms with E-state index in [9.17, 15) is 0 Å². The van der Waals surface area contributed by atoms with E-state index in [1.165, 1.54) is 43.8 Å². The van der Waals surface area contributed by atoms with Gasteiger partial charge in [0.2, 0.25) is 0 Å². The van der Waals surface area contributed by atoms with Crippen molar-refractivity contribution in [3.05, 3.63) is 17.5 Å². The third-order valence-corrected chi connectivity index (χ3v) is 6.49. The first kappa shape index (κ1) is 20.5. The Morgan fingerprint density at radius 2 is 2.07 bits per heavy atom. The summed E-state index contributed by atoms with van der Waals surface area (Å²) in [7, 11) is 0. The number of guanidine groups is 1. The number of piperidine rings is 1. The molecule has 2 N–H and O–H groups in total. The highest BCUT2D eigenvalue weighted by Gasteiger charge is 2.25. The SMILES string of the molecule is CCNC(=NC[C@H]1CCCN1CC(C)C)NC1CCN(c2cccs2)CC1. The first-order valence-corrected chi connectivity index (χ1v) is 11.6. The second-order valence-corrected chi connectivity index (χ2v) is 9.19. The number of thiophene rings is 1. The van der Waals surface area contributed by atoms with Gasteiger partial charge >= 0.3 is 0 Å². The maximum absolute atomic E-state index is 4.96. The molecule has 1 atom stereocenters. The van der Waals surface area contributed by atoms with Crippen LogP contribution in [0, 0.1) is 5.92 Å². The lowest BCUT2D eigenvalue weighted by Gasteiger charge is -2.33. The van der Waals surface area contributed by atoms with Crippen molar-refractivity contribution >= 4 is 22.3 Å². The Morgan fingerprint density at radius 3 is 2.74 bits per heavy atom. The third kappa shape index (κ3) is 6.11. The molecule has 3 rings (SSSR count). The number of hydrogen-bond donors (Lipinski definition) is 2. The molecular formula is C21H37N5S. The van der Waals surface area contributed by atoms with Crippen LogP contribution in [0.4, 0.5) is 5.00 Å². The van der Waals surface area contributed by atoms with Gasteiger partial charge in [-0.05, 0) is 62.6 Å². The summed E-state index contributed by atoms with van der Waals surface area (Å²) >= 11 is 1.84.